The molecule has 0 spiro atoms. The number of rotatable bonds is 6. The van der Waals surface area contributed by atoms with Gasteiger partial charge in [0, 0.05) is 35.9 Å². The summed E-state index contributed by atoms with van der Waals surface area (Å²) in [6.07, 6.45) is 7.74. The van der Waals surface area contributed by atoms with Gasteiger partial charge in [0.1, 0.15) is 0 Å². The summed E-state index contributed by atoms with van der Waals surface area (Å²) in [5.41, 5.74) is 14.8. The molecule has 0 atom stereocenters. The van der Waals surface area contributed by atoms with E-state index < -0.39 is 0 Å². The van der Waals surface area contributed by atoms with Crippen molar-refractivity contribution >= 4 is 44.2 Å². The molecule has 0 fully saturated rings. The molecule has 9 aromatic rings. The zero-order chi connectivity index (χ0) is 31.9. The number of benzene rings is 5. The van der Waals surface area contributed by atoms with Gasteiger partial charge in [-0.15, -0.1) is 22.7 Å². The third-order valence-electron chi connectivity index (χ3n) is 8.80. The molecule has 0 saturated heterocycles. The molecule has 4 heterocycles. The zero-order valence-corrected chi connectivity index (χ0v) is 27.2. The highest BCUT2D eigenvalue weighted by Crippen LogP contribution is 2.45. The molecule has 0 aliphatic heterocycles. The number of pyridine rings is 2. The quantitative estimate of drug-likeness (QED) is 0.168. The molecule has 0 saturated carbocycles. The molecule has 0 bridgehead atoms. The van der Waals surface area contributed by atoms with Crippen molar-refractivity contribution in [1.29, 1.82) is 0 Å². The predicted molar refractivity (Wildman–Crippen MR) is 201 cm³/mol. The van der Waals surface area contributed by atoms with Crippen LogP contribution in [0.2, 0.25) is 0 Å². The standard InChI is InChI=1S/C42H26N4S2/c1-2-7-27(8-3-1)28-9-6-10-29(19-28)30-13-16-35-36(20-30)42(32-15-18-38(46-22-32)40-24-44-26-48-40)34-12-5-4-11-33(34)41(35)31-14-17-37(45-21-31)39-23-43-25-47-39/h1-26H. The summed E-state index contributed by atoms with van der Waals surface area (Å²) < 4.78 is 0. The lowest BCUT2D eigenvalue weighted by molar-refractivity contribution is 1.33. The van der Waals surface area contributed by atoms with Crippen LogP contribution in [0.25, 0.3) is 87.2 Å². The van der Waals surface area contributed by atoms with Crippen LogP contribution < -0.4 is 0 Å². The lowest BCUT2D eigenvalue weighted by Crippen LogP contribution is -1.93. The van der Waals surface area contributed by atoms with Crippen LogP contribution in [0, 0.1) is 0 Å². The van der Waals surface area contributed by atoms with Crippen molar-refractivity contribution in [2.24, 2.45) is 0 Å². The normalized spacial score (nSPS) is 11.3. The van der Waals surface area contributed by atoms with E-state index in [0.29, 0.717) is 0 Å². The molecule has 4 nitrogen and oxygen atoms in total. The monoisotopic (exact) mass is 650 g/mol. The number of hydrogen-bond acceptors (Lipinski definition) is 6. The molecule has 6 heteroatoms. The van der Waals surface area contributed by atoms with E-state index in [1.165, 1.54) is 49.4 Å². The average Bonchev–Trinajstić information content (AvgIpc) is 3.91. The second kappa shape index (κ2) is 12.1. The molecule has 4 aromatic heterocycles. The molecule has 9 rings (SSSR count). The Hall–Kier alpha value is -5.82. The van der Waals surface area contributed by atoms with Gasteiger partial charge in [-0.25, -0.2) is 0 Å². The molecule has 0 aliphatic carbocycles. The Kier molecular flexibility index (Phi) is 7.15. The van der Waals surface area contributed by atoms with Crippen molar-refractivity contribution in [1.82, 2.24) is 19.9 Å². The van der Waals surface area contributed by atoms with Gasteiger partial charge in [-0.2, -0.15) is 0 Å². The molecule has 0 unspecified atom stereocenters. The summed E-state index contributed by atoms with van der Waals surface area (Å²) in [7, 11) is 0. The van der Waals surface area contributed by atoms with Crippen molar-refractivity contribution in [3.8, 4) is 65.6 Å². The van der Waals surface area contributed by atoms with Gasteiger partial charge in [0.25, 0.3) is 0 Å². The van der Waals surface area contributed by atoms with Gasteiger partial charge in [0.2, 0.25) is 0 Å². The van der Waals surface area contributed by atoms with Gasteiger partial charge < -0.3 is 0 Å². The van der Waals surface area contributed by atoms with Crippen LogP contribution in [0.1, 0.15) is 0 Å². The smallest absolute Gasteiger partial charge is 0.0818 e. The molecule has 0 N–H and O–H groups in total. The maximum Gasteiger partial charge on any atom is 0.0818 e. The van der Waals surface area contributed by atoms with Crippen LogP contribution in [0.15, 0.2) is 157 Å². The van der Waals surface area contributed by atoms with Gasteiger partial charge >= 0.3 is 0 Å². The highest BCUT2D eigenvalue weighted by molar-refractivity contribution is 7.13. The van der Waals surface area contributed by atoms with E-state index in [1.54, 1.807) is 22.7 Å². The summed E-state index contributed by atoms with van der Waals surface area (Å²) >= 11 is 3.20. The average molecular weight is 651 g/mol. The minimum atomic E-state index is 0.928. The highest BCUT2D eigenvalue weighted by Gasteiger charge is 2.19. The Labute approximate surface area is 285 Å². The van der Waals surface area contributed by atoms with Crippen molar-refractivity contribution in [3.05, 3.63) is 157 Å². The maximum atomic E-state index is 4.91. The van der Waals surface area contributed by atoms with Crippen molar-refractivity contribution in [2.75, 3.05) is 0 Å². The molecular formula is C42H26N4S2. The molecule has 0 aliphatic rings. The summed E-state index contributed by atoms with van der Waals surface area (Å²) in [6, 6.07) is 43.5. The van der Waals surface area contributed by atoms with Crippen LogP contribution in [-0.2, 0) is 0 Å². The van der Waals surface area contributed by atoms with E-state index >= 15 is 0 Å². The van der Waals surface area contributed by atoms with Gasteiger partial charge in [-0.05, 0) is 79.2 Å². The fraction of sp³-hybridized carbons (Fsp3) is 0. The summed E-state index contributed by atoms with van der Waals surface area (Å²) in [4.78, 5) is 20.4. The van der Waals surface area contributed by atoms with Gasteiger partial charge in [-0.1, -0.05) is 97.1 Å². The van der Waals surface area contributed by atoms with Crippen molar-refractivity contribution in [3.63, 3.8) is 0 Å². The van der Waals surface area contributed by atoms with E-state index in [9.17, 15) is 0 Å². The fourth-order valence-electron chi connectivity index (χ4n) is 6.55. The van der Waals surface area contributed by atoms with Gasteiger partial charge in [0.15, 0.2) is 0 Å². The van der Waals surface area contributed by atoms with Crippen LogP contribution >= 0.6 is 22.7 Å². The Morgan fingerprint density at radius 1 is 0.354 bits per heavy atom. The minimum absolute atomic E-state index is 0.928. The molecule has 226 valence electrons. The maximum absolute atomic E-state index is 4.91. The number of hydrogen-bond donors (Lipinski definition) is 0. The summed E-state index contributed by atoms with van der Waals surface area (Å²) in [5, 5.41) is 4.70. The van der Waals surface area contributed by atoms with E-state index in [2.05, 4.69) is 131 Å². The highest BCUT2D eigenvalue weighted by atomic mass is 32.1. The van der Waals surface area contributed by atoms with E-state index in [0.717, 1.165) is 37.8 Å². The third kappa shape index (κ3) is 5.08. The molecule has 0 radical (unpaired) electrons. The lowest BCUT2D eigenvalue weighted by atomic mass is 9.85. The Balaban J connectivity index is 1.28. The Morgan fingerprint density at radius 3 is 1.42 bits per heavy atom. The van der Waals surface area contributed by atoms with Crippen LogP contribution in [0.4, 0.5) is 0 Å². The molecule has 5 aromatic carbocycles. The zero-order valence-electron chi connectivity index (χ0n) is 25.6. The van der Waals surface area contributed by atoms with Crippen LogP contribution in [-0.4, -0.2) is 19.9 Å². The summed E-state index contributed by atoms with van der Waals surface area (Å²) in [5.74, 6) is 0. The Bertz CT molecular complexity index is 2520. The number of aromatic nitrogens is 4. The van der Waals surface area contributed by atoms with Crippen molar-refractivity contribution < 1.29 is 0 Å². The first kappa shape index (κ1) is 28.4. The largest absolute Gasteiger partial charge is 0.255 e. The second-order valence-electron chi connectivity index (χ2n) is 11.6. The lowest BCUT2D eigenvalue weighted by Gasteiger charge is -2.19. The first-order valence-electron chi connectivity index (χ1n) is 15.6. The van der Waals surface area contributed by atoms with Crippen LogP contribution in [0.5, 0.6) is 0 Å². The third-order valence-corrected chi connectivity index (χ3v) is 10.4. The fourth-order valence-corrected chi connectivity index (χ4v) is 7.75. The SMILES string of the molecule is c1ccc(-c2cccc(-c3ccc4c(-c5ccc(-c6cncs6)nc5)c5ccccc5c(-c5ccc(-c6cncs6)nc5)c4c3)c2)cc1. The first-order valence-corrected chi connectivity index (χ1v) is 17.4. The number of nitrogens with zero attached hydrogens (tertiary/aromatic N) is 4. The molecular weight excluding hydrogens is 625 g/mol. The first-order chi connectivity index (χ1) is 23.8. The number of fused-ring (bicyclic) bond motifs is 2. The number of thiazole rings is 2. The van der Waals surface area contributed by atoms with Crippen molar-refractivity contribution in [2.45, 2.75) is 0 Å². The predicted octanol–water partition coefficient (Wildman–Crippen LogP) is 11.7. The second-order valence-corrected chi connectivity index (χ2v) is 13.4. The molecule has 48 heavy (non-hydrogen) atoms. The Morgan fingerprint density at radius 2 is 0.854 bits per heavy atom. The van der Waals surface area contributed by atoms with E-state index in [1.807, 2.05) is 35.8 Å². The summed E-state index contributed by atoms with van der Waals surface area (Å²) in [6.45, 7) is 0. The van der Waals surface area contributed by atoms with E-state index in [4.69, 9.17) is 9.97 Å². The minimum Gasteiger partial charge on any atom is -0.255 e. The topological polar surface area (TPSA) is 51.6 Å². The van der Waals surface area contributed by atoms with Gasteiger partial charge in [0.05, 0.1) is 32.2 Å². The van der Waals surface area contributed by atoms with Gasteiger partial charge in [-0.3, -0.25) is 19.9 Å². The van der Waals surface area contributed by atoms with E-state index in [-0.39, 0.29) is 0 Å². The molecule has 0 amide bonds. The van der Waals surface area contributed by atoms with Crippen LogP contribution in [0.3, 0.4) is 0 Å².